The highest BCUT2D eigenvalue weighted by atomic mass is 15.2. The first-order valence-electron chi connectivity index (χ1n) is 14.9. The fourth-order valence-corrected chi connectivity index (χ4v) is 6.65. The molecule has 6 nitrogen and oxygen atoms in total. The Morgan fingerprint density at radius 2 is 1.57 bits per heavy atom. The Balaban J connectivity index is 1.07. The lowest BCUT2D eigenvalue weighted by Gasteiger charge is -2.33. The van der Waals surface area contributed by atoms with Crippen molar-refractivity contribution in [1.29, 1.82) is 0 Å². The number of H-pyrrole nitrogens is 1. The molecule has 2 fully saturated rings. The summed E-state index contributed by atoms with van der Waals surface area (Å²) >= 11 is 0. The van der Waals surface area contributed by atoms with Crippen molar-refractivity contribution in [3.63, 3.8) is 0 Å². The van der Waals surface area contributed by atoms with Gasteiger partial charge in [0.1, 0.15) is 11.6 Å². The molecule has 2 aliphatic heterocycles. The number of nitrogens with one attached hydrogen (secondary N) is 1. The summed E-state index contributed by atoms with van der Waals surface area (Å²) in [5, 5.41) is 0. The van der Waals surface area contributed by atoms with Crippen LogP contribution in [-0.4, -0.2) is 46.1 Å². The van der Waals surface area contributed by atoms with E-state index in [1.807, 2.05) is 12.4 Å². The van der Waals surface area contributed by atoms with E-state index in [-0.39, 0.29) is 0 Å². The summed E-state index contributed by atoms with van der Waals surface area (Å²) in [6.07, 6.45) is 11.9. The van der Waals surface area contributed by atoms with E-state index in [1.54, 1.807) is 0 Å². The minimum atomic E-state index is 0.460. The van der Waals surface area contributed by atoms with Gasteiger partial charge in [-0.1, -0.05) is 37.3 Å². The average molecular weight is 531 g/mol. The Morgan fingerprint density at radius 1 is 0.825 bits per heavy atom. The number of pyridine rings is 2. The third-order valence-electron chi connectivity index (χ3n) is 9.12. The summed E-state index contributed by atoms with van der Waals surface area (Å²) in [5.74, 6) is 3.52. The molecule has 204 valence electrons. The highest BCUT2D eigenvalue weighted by Gasteiger charge is 2.27. The van der Waals surface area contributed by atoms with Crippen LogP contribution in [0.5, 0.6) is 0 Å². The maximum Gasteiger partial charge on any atom is 0.129 e. The molecule has 1 N–H and O–H groups in total. The van der Waals surface area contributed by atoms with E-state index in [4.69, 9.17) is 15.0 Å². The first-order chi connectivity index (χ1) is 19.6. The van der Waals surface area contributed by atoms with Crippen molar-refractivity contribution in [2.75, 3.05) is 36.0 Å². The van der Waals surface area contributed by atoms with Crippen LogP contribution in [0.25, 0.3) is 22.9 Å². The van der Waals surface area contributed by atoms with E-state index in [0.29, 0.717) is 5.92 Å². The third-order valence-corrected chi connectivity index (χ3v) is 9.12. The second-order valence-corrected chi connectivity index (χ2v) is 11.8. The van der Waals surface area contributed by atoms with Gasteiger partial charge in [0.05, 0.1) is 11.4 Å². The molecule has 3 aromatic heterocycles. The van der Waals surface area contributed by atoms with Gasteiger partial charge in [-0.2, -0.15) is 0 Å². The lowest BCUT2D eigenvalue weighted by molar-refractivity contribution is 0.436. The summed E-state index contributed by atoms with van der Waals surface area (Å²) in [6.45, 7) is 8.74. The molecule has 4 aromatic rings. The predicted octanol–water partition coefficient (Wildman–Crippen LogP) is 6.89. The molecule has 6 heteroatoms. The Morgan fingerprint density at radius 3 is 2.38 bits per heavy atom. The average Bonchev–Trinajstić information content (AvgIpc) is 3.62. The number of benzene rings is 1. The number of aromatic amines is 1. The van der Waals surface area contributed by atoms with Crippen molar-refractivity contribution in [2.24, 2.45) is 5.92 Å². The molecule has 40 heavy (non-hydrogen) atoms. The topological polar surface area (TPSA) is 60.9 Å². The van der Waals surface area contributed by atoms with Crippen molar-refractivity contribution < 1.29 is 0 Å². The van der Waals surface area contributed by atoms with E-state index >= 15 is 0 Å². The molecule has 7 rings (SSSR count). The molecule has 2 saturated heterocycles. The van der Waals surface area contributed by atoms with Crippen molar-refractivity contribution in [3.05, 3.63) is 89.3 Å². The summed E-state index contributed by atoms with van der Waals surface area (Å²) in [6, 6.07) is 17.2. The first kappa shape index (κ1) is 25.1. The van der Waals surface area contributed by atoms with Gasteiger partial charge in [-0.15, -0.1) is 0 Å². The molecule has 0 amide bonds. The monoisotopic (exact) mass is 530 g/mol. The van der Waals surface area contributed by atoms with E-state index in [0.717, 1.165) is 74.4 Å². The molecule has 1 aliphatic carbocycles. The number of aromatic nitrogens is 4. The lowest BCUT2D eigenvalue weighted by Crippen LogP contribution is -2.33. The Labute approximate surface area is 237 Å². The zero-order valence-corrected chi connectivity index (χ0v) is 23.6. The molecule has 0 atom stereocenters. The molecule has 0 unspecified atom stereocenters. The maximum atomic E-state index is 5.05. The molecular formula is C34H38N6. The molecule has 0 radical (unpaired) electrons. The zero-order valence-electron chi connectivity index (χ0n) is 23.6. The van der Waals surface area contributed by atoms with Gasteiger partial charge in [0.2, 0.25) is 0 Å². The number of nitrogens with zero attached hydrogens (tertiary/aromatic N) is 5. The SMILES string of the molecule is Cc1[nH]c(C2CCN(c3ccnc4c3C=C(c3ccnc(N5CCC(C)CC5)c3)C4)CC2)nc1-c1ccccc1. The minimum Gasteiger partial charge on any atom is -0.371 e. The van der Waals surface area contributed by atoms with Crippen LogP contribution in [0.4, 0.5) is 11.5 Å². The van der Waals surface area contributed by atoms with Crippen LogP contribution in [0.1, 0.15) is 66.9 Å². The van der Waals surface area contributed by atoms with Gasteiger partial charge in [0, 0.05) is 73.4 Å². The van der Waals surface area contributed by atoms with Gasteiger partial charge in [0.15, 0.2) is 0 Å². The molecule has 0 bridgehead atoms. The van der Waals surface area contributed by atoms with Crippen LogP contribution in [0.2, 0.25) is 0 Å². The van der Waals surface area contributed by atoms with Crippen LogP contribution < -0.4 is 9.80 Å². The minimum absolute atomic E-state index is 0.460. The van der Waals surface area contributed by atoms with Crippen LogP contribution in [0.15, 0.2) is 60.9 Å². The van der Waals surface area contributed by atoms with E-state index in [9.17, 15) is 0 Å². The predicted molar refractivity (Wildman–Crippen MR) is 164 cm³/mol. The van der Waals surface area contributed by atoms with Gasteiger partial charge < -0.3 is 14.8 Å². The third kappa shape index (κ3) is 4.80. The summed E-state index contributed by atoms with van der Waals surface area (Å²) < 4.78 is 0. The van der Waals surface area contributed by atoms with Gasteiger partial charge >= 0.3 is 0 Å². The summed E-state index contributed by atoms with van der Waals surface area (Å²) in [4.78, 5) is 23.2. The summed E-state index contributed by atoms with van der Waals surface area (Å²) in [7, 11) is 0. The summed E-state index contributed by atoms with van der Waals surface area (Å²) in [5.41, 5.74) is 9.83. The first-order valence-corrected chi connectivity index (χ1v) is 14.9. The molecule has 3 aliphatic rings. The number of hydrogen-bond donors (Lipinski definition) is 1. The van der Waals surface area contributed by atoms with Crippen molar-refractivity contribution in [2.45, 2.75) is 51.9 Å². The molecule has 5 heterocycles. The molecule has 1 aromatic carbocycles. The van der Waals surface area contributed by atoms with Crippen molar-refractivity contribution in [3.8, 4) is 11.3 Å². The number of imidazole rings is 1. The molecule has 0 spiro atoms. The quantitative estimate of drug-likeness (QED) is 0.304. The number of hydrogen-bond acceptors (Lipinski definition) is 5. The fraction of sp³-hybridized carbons (Fsp3) is 0.382. The van der Waals surface area contributed by atoms with E-state index < -0.39 is 0 Å². The van der Waals surface area contributed by atoms with Crippen LogP contribution >= 0.6 is 0 Å². The van der Waals surface area contributed by atoms with Gasteiger partial charge in [0.25, 0.3) is 0 Å². The van der Waals surface area contributed by atoms with Gasteiger partial charge in [-0.25, -0.2) is 9.97 Å². The molecule has 0 saturated carbocycles. The maximum absolute atomic E-state index is 5.05. The Hall–Kier alpha value is -3.93. The number of fused-ring (bicyclic) bond motifs is 1. The Kier molecular flexibility index (Phi) is 6.62. The number of rotatable bonds is 5. The fourth-order valence-electron chi connectivity index (χ4n) is 6.65. The van der Waals surface area contributed by atoms with E-state index in [2.05, 4.69) is 83.2 Å². The lowest BCUT2D eigenvalue weighted by atomic mass is 9.95. The normalized spacial score (nSPS) is 18.2. The van der Waals surface area contributed by atoms with Crippen LogP contribution in [0.3, 0.4) is 0 Å². The number of allylic oxidation sites excluding steroid dienone is 1. The number of anilines is 2. The highest BCUT2D eigenvalue weighted by molar-refractivity contribution is 5.92. The Bertz CT molecular complexity index is 1520. The second kappa shape index (κ2) is 10.6. The molecular weight excluding hydrogens is 492 g/mol. The van der Waals surface area contributed by atoms with Crippen molar-refractivity contribution >= 4 is 23.2 Å². The van der Waals surface area contributed by atoms with Crippen molar-refractivity contribution in [1.82, 2.24) is 19.9 Å². The number of aryl methyl sites for hydroxylation is 1. The zero-order chi connectivity index (χ0) is 27.1. The van der Waals surface area contributed by atoms with Gasteiger partial charge in [-0.3, -0.25) is 4.98 Å². The smallest absolute Gasteiger partial charge is 0.129 e. The highest BCUT2D eigenvalue weighted by Crippen LogP contribution is 2.39. The van der Waals surface area contributed by atoms with Crippen LogP contribution in [0, 0.1) is 12.8 Å². The van der Waals surface area contributed by atoms with Gasteiger partial charge in [-0.05, 0) is 73.9 Å². The van der Waals surface area contributed by atoms with Crippen LogP contribution in [-0.2, 0) is 6.42 Å². The largest absolute Gasteiger partial charge is 0.371 e. The second-order valence-electron chi connectivity index (χ2n) is 11.8. The van der Waals surface area contributed by atoms with E-state index in [1.165, 1.54) is 46.5 Å². The standard InChI is InChI=1S/C34H38N6/c1-23-10-16-40(17-11-23)32-22-27(8-14-36-32)28-20-29-30(21-28)35-15-9-31(29)39-18-12-26(13-19-39)34-37-24(2)33(38-34)25-6-4-3-5-7-25/h3-9,14-15,20,22-23,26H,10-13,16-19,21H2,1-2H3,(H,37,38). The number of piperidine rings is 2.